The van der Waals surface area contributed by atoms with Crippen LogP contribution in [0.15, 0.2) is 175 Å². The molecule has 47 heavy (non-hydrogen) atoms. The summed E-state index contributed by atoms with van der Waals surface area (Å²) in [6, 6.07) is 38.2. The van der Waals surface area contributed by atoms with Crippen LogP contribution in [-0.4, -0.2) is 0 Å². The molecule has 1 heteroatoms. The molecule has 2 N–H and O–H groups in total. The van der Waals surface area contributed by atoms with Gasteiger partial charge in [0.1, 0.15) is 0 Å². The Labute approximate surface area is 282 Å². The normalized spacial score (nSPS) is 15.1. The Morgan fingerprint density at radius 2 is 1.40 bits per heavy atom. The predicted octanol–water partition coefficient (Wildman–Crippen LogP) is 11.6. The lowest BCUT2D eigenvalue weighted by Crippen LogP contribution is -2.15. The summed E-state index contributed by atoms with van der Waals surface area (Å²) in [4.78, 5) is 0. The molecule has 0 unspecified atom stereocenters. The summed E-state index contributed by atoms with van der Waals surface area (Å²) in [6.45, 7) is 13.4. The molecule has 0 aromatic heterocycles. The highest BCUT2D eigenvalue weighted by Crippen LogP contribution is 2.46. The van der Waals surface area contributed by atoms with E-state index < -0.39 is 0 Å². The summed E-state index contributed by atoms with van der Waals surface area (Å²) in [5.74, 6) is 0. The Bertz CT molecular complexity index is 1890. The summed E-state index contributed by atoms with van der Waals surface area (Å²) in [6.07, 6.45) is 18.0. The van der Waals surface area contributed by atoms with E-state index in [2.05, 4.69) is 150 Å². The van der Waals surface area contributed by atoms with Crippen LogP contribution in [0.5, 0.6) is 0 Å². The summed E-state index contributed by atoms with van der Waals surface area (Å²) < 4.78 is 0. The molecule has 5 rings (SSSR count). The standard InChI is InChI=1S/C46H47N/c1-6-38(34(2)18-15-28-42-35(3)46(4,5)44-29-14-13-27-43(42)44)26-17-21-36-19-16-20-37(32-36)30-31-41(39-22-9-7-10-23-39)33-45(47)40-24-11-8-12-25-40/h6-17,19-20,22-29,31-33H,2,18,21,30,47H2,1,3-5H3/b26-17-,28-15-,38-6+,41-31+,45-33-. The van der Waals surface area contributed by atoms with Gasteiger partial charge in [0.15, 0.2) is 0 Å². The molecule has 0 amide bonds. The molecule has 0 aliphatic heterocycles. The van der Waals surface area contributed by atoms with Crippen molar-refractivity contribution in [1.82, 2.24) is 0 Å². The number of hydrogen-bond acceptors (Lipinski definition) is 1. The summed E-state index contributed by atoms with van der Waals surface area (Å²) in [7, 11) is 0. The Hall–Kier alpha value is -5.14. The van der Waals surface area contributed by atoms with Crippen LogP contribution in [0.25, 0.3) is 16.8 Å². The van der Waals surface area contributed by atoms with E-state index in [4.69, 9.17) is 5.73 Å². The minimum absolute atomic E-state index is 0.0652. The van der Waals surface area contributed by atoms with Crippen LogP contribution in [-0.2, 0) is 18.3 Å². The zero-order valence-electron chi connectivity index (χ0n) is 28.3. The first-order valence-corrected chi connectivity index (χ1v) is 16.6. The first kappa shape index (κ1) is 33.2. The average molecular weight is 614 g/mol. The predicted molar refractivity (Wildman–Crippen MR) is 205 cm³/mol. The van der Waals surface area contributed by atoms with Gasteiger partial charge in [-0.2, -0.15) is 0 Å². The second-order valence-electron chi connectivity index (χ2n) is 12.8. The van der Waals surface area contributed by atoms with Crippen molar-refractivity contribution < 1.29 is 0 Å². The highest BCUT2D eigenvalue weighted by molar-refractivity contribution is 5.85. The van der Waals surface area contributed by atoms with Crippen molar-refractivity contribution in [2.45, 2.75) is 52.4 Å². The number of allylic oxidation sites excluding steroid dienone is 12. The summed E-state index contributed by atoms with van der Waals surface area (Å²) in [5, 5.41) is 0. The molecule has 1 aliphatic carbocycles. The SMILES string of the molecule is C=C(C/C=C\C1=C(C)C(C)(C)c2ccccc21)C(/C=C\Cc1cccc(C/C=C(\C=C(/N)c2ccccc2)c2ccccc2)c1)=C/C. The van der Waals surface area contributed by atoms with Crippen LogP contribution in [0, 0.1) is 0 Å². The topological polar surface area (TPSA) is 26.0 Å². The molecule has 0 saturated carbocycles. The smallest absolute Gasteiger partial charge is 0.0393 e. The van der Waals surface area contributed by atoms with Gasteiger partial charge in [-0.25, -0.2) is 0 Å². The number of hydrogen-bond donors (Lipinski definition) is 1. The van der Waals surface area contributed by atoms with Gasteiger partial charge in [0, 0.05) is 11.1 Å². The maximum Gasteiger partial charge on any atom is 0.0393 e. The lowest BCUT2D eigenvalue weighted by Gasteiger charge is -2.21. The number of fused-ring (bicyclic) bond motifs is 1. The zero-order chi connectivity index (χ0) is 33.2. The average Bonchev–Trinajstić information content (AvgIpc) is 3.29. The first-order valence-electron chi connectivity index (χ1n) is 16.6. The van der Waals surface area contributed by atoms with Crippen LogP contribution in [0.1, 0.15) is 67.5 Å². The van der Waals surface area contributed by atoms with Crippen LogP contribution < -0.4 is 5.73 Å². The summed E-state index contributed by atoms with van der Waals surface area (Å²) >= 11 is 0. The maximum atomic E-state index is 6.52. The minimum atomic E-state index is 0.0652. The second-order valence-corrected chi connectivity index (χ2v) is 12.8. The fourth-order valence-corrected chi connectivity index (χ4v) is 6.28. The molecule has 236 valence electrons. The van der Waals surface area contributed by atoms with E-state index in [1.807, 2.05) is 36.4 Å². The van der Waals surface area contributed by atoms with Gasteiger partial charge < -0.3 is 5.73 Å². The van der Waals surface area contributed by atoms with Crippen LogP contribution >= 0.6 is 0 Å². The van der Waals surface area contributed by atoms with E-state index in [1.54, 1.807) is 0 Å². The van der Waals surface area contributed by atoms with Gasteiger partial charge in [-0.3, -0.25) is 0 Å². The monoisotopic (exact) mass is 613 g/mol. The molecule has 1 aliphatic rings. The number of benzene rings is 4. The number of nitrogens with two attached hydrogens (primary N) is 1. The lowest BCUT2D eigenvalue weighted by atomic mass is 9.82. The van der Waals surface area contributed by atoms with Gasteiger partial charge in [-0.05, 0) is 94.9 Å². The van der Waals surface area contributed by atoms with E-state index in [0.29, 0.717) is 0 Å². The van der Waals surface area contributed by atoms with Gasteiger partial charge in [0.25, 0.3) is 0 Å². The van der Waals surface area contributed by atoms with E-state index in [0.717, 1.165) is 47.2 Å². The molecule has 0 saturated heterocycles. The lowest BCUT2D eigenvalue weighted by molar-refractivity contribution is 0.639. The molecule has 4 aromatic rings. The largest absolute Gasteiger partial charge is 0.398 e. The van der Waals surface area contributed by atoms with Crippen molar-refractivity contribution in [3.05, 3.63) is 208 Å². The Morgan fingerprint density at radius 1 is 0.766 bits per heavy atom. The van der Waals surface area contributed by atoms with Gasteiger partial charge in [-0.15, -0.1) is 0 Å². The third-order valence-electron chi connectivity index (χ3n) is 9.33. The molecule has 0 bridgehead atoms. The Morgan fingerprint density at radius 3 is 2.11 bits per heavy atom. The maximum absolute atomic E-state index is 6.52. The zero-order valence-corrected chi connectivity index (χ0v) is 28.3. The van der Waals surface area contributed by atoms with Crippen LogP contribution in [0.4, 0.5) is 0 Å². The van der Waals surface area contributed by atoms with Crippen molar-refractivity contribution in [3.63, 3.8) is 0 Å². The molecule has 0 atom stereocenters. The molecule has 4 aromatic carbocycles. The van der Waals surface area contributed by atoms with E-state index in [1.165, 1.54) is 39.0 Å². The molecule has 1 nitrogen and oxygen atoms in total. The highest BCUT2D eigenvalue weighted by Gasteiger charge is 2.33. The Balaban J connectivity index is 1.23. The Kier molecular flexibility index (Phi) is 10.9. The fraction of sp³-hybridized carbons (Fsp3) is 0.174. The summed E-state index contributed by atoms with van der Waals surface area (Å²) in [5.41, 5.74) is 21.1. The quantitative estimate of drug-likeness (QED) is 0.158. The second kappa shape index (κ2) is 15.4. The van der Waals surface area contributed by atoms with Gasteiger partial charge in [-0.1, -0.05) is 172 Å². The van der Waals surface area contributed by atoms with Crippen molar-refractivity contribution in [3.8, 4) is 0 Å². The van der Waals surface area contributed by atoms with E-state index >= 15 is 0 Å². The molecule has 0 heterocycles. The van der Waals surface area contributed by atoms with Gasteiger partial charge >= 0.3 is 0 Å². The molecule has 0 spiro atoms. The molecular weight excluding hydrogens is 567 g/mol. The van der Waals surface area contributed by atoms with Crippen molar-refractivity contribution in [2.75, 3.05) is 0 Å². The number of rotatable bonds is 12. The van der Waals surface area contributed by atoms with Crippen LogP contribution in [0.2, 0.25) is 0 Å². The minimum Gasteiger partial charge on any atom is -0.398 e. The molecular formula is C46H47N. The van der Waals surface area contributed by atoms with Crippen molar-refractivity contribution >= 4 is 16.8 Å². The third-order valence-corrected chi connectivity index (χ3v) is 9.33. The fourth-order valence-electron chi connectivity index (χ4n) is 6.28. The highest BCUT2D eigenvalue weighted by atomic mass is 14.6. The van der Waals surface area contributed by atoms with Gasteiger partial charge in [0.05, 0.1) is 0 Å². The third kappa shape index (κ3) is 8.18. The van der Waals surface area contributed by atoms with E-state index in [-0.39, 0.29) is 5.41 Å². The van der Waals surface area contributed by atoms with Crippen molar-refractivity contribution in [2.24, 2.45) is 5.73 Å². The van der Waals surface area contributed by atoms with Gasteiger partial charge in [0.2, 0.25) is 0 Å². The van der Waals surface area contributed by atoms with Crippen molar-refractivity contribution in [1.29, 1.82) is 0 Å². The van der Waals surface area contributed by atoms with Crippen LogP contribution in [0.3, 0.4) is 0 Å². The molecule has 0 fully saturated rings. The first-order chi connectivity index (χ1) is 22.8. The molecule has 0 radical (unpaired) electrons. The van der Waals surface area contributed by atoms with E-state index in [9.17, 15) is 0 Å².